The number of nitrogens with zero attached hydrogens (tertiary/aromatic N) is 1. The number of carbonyl (C=O) groups excluding carboxylic acids is 1. The molecule has 3 rings (SSSR count). The van der Waals surface area contributed by atoms with Crippen LogP contribution in [-0.2, 0) is 4.79 Å². The Balaban J connectivity index is 0.00000300. The fraction of sp³-hybridized carbons (Fsp3) is 0.300. The number of aliphatic imine (C=N–C) groups is 1. The zero-order valence-corrected chi connectivity index (χ0v) is 19.1. The maximum Gasteiger partial charge on any atom is 0.226 e. The number of nitrogens with two attached hydrogens (primary N) is 1. The minimum atomic E-state index is -0.183. The van der Waals surface area contributed by atoms with Crippen molar-refractivity contribution in [1.29, 1.82) is 0 Å². The molecule has 2 aromatic rings. The first kappa shape index (κ1) is 23.1. The van der Waals surface area contributed by atoms with Crippen LogP contribution in [0, 0.1) is 6.92 Å². The first-order valence-corrected chi connectivity index (χ1v) is 9.41. The van der Waals surface area contributed by atoms with Crippen molar-refractivity contribution in [3.8, 4) is 11.5 Å². The van der Waals surface area contributed by atoms with E-state index in [9.17, 15) is 4.79 Å². The molecule has 0 aromatic heterocycles. The molecule has 0 aliphatic carbocycles. The van der Waals surface area contributed by atoms with Crippen molar-refractivity contribution in [2.75, 3.05) is 30.4 Å². The fourth-order valence-corrected chi connectivity index (χ4v) is 2.92. The number of hydrogen-bond acceptors (Lipinski definition) is 4. The van der Waals surface area contributed by atoms with Gasteiger partial charge in [-0.1, -0.05) is 17.7 Å². The van der Waals surface area contributed by atoms with Gasteiger partial charge in [0.15, 0.2) is 17.5 Å². The number of aryl methyl sites for hydroxylation is 1. The van der Waals surface area contributed by atoms with Crippen LogP contribution in [-0.4, -0.2) is 31.6 Å². The van der Waals surface area contributed by atoms with E-state index in [1.54, 1.807) is 12.1 Å². The average Bonchev–Trinajstić information content (AvgIpc) is 2.89. The van der Waals surface area contributed by atoms with Crippen molar-refractivity contribution >= 4 is 58.8 Å². The number of hydrogen-bond donors (Lipinski definition) is 3. The molecule has 1 heterocycles. The number of rotatable bonds is 5. The van der Waals surface area contributed by atoms with Gasteiger partial charge in [0.2, 0.25) is 5.91 Å². The zero-order valence-electron chi connectivity index (χ0n) is 16.0. The molecule has 156 valence electrons. The van der Waals surface area contributed by atoms with Crippen molar-refractivity contribution in [2.45, 2.75) is 19.8 Å². The lowest BCUT2D eigenvalue weighted by molar-refractivity contribution is -0.116. The quantitative estimate of drug-likeness (QED) is 0.306. The molecule has 1 amide bonds. The molecule has 7 nitrogen and oxygen atoms in total. The van der Waals surface area contributed by atoms with E-state index in [0.29, 0.717) is 35.4 Å². The van der Waals surface area contributed by atoms with E-state index in [2.05, 4.69) is 15.6 Å². The molecular weight excluding hydrogens is 507 g/mol. The van der Waals surface area contributed by atoms with Crippen molar-refractivity contribution in [1.82, 2.24) is 0 Å². The van der Waals surface area contributed by atoms with E-state index in [-0.39, 0.29) is 48.8 Å². The predicted octanol–water partition coefficient (Wildman–Crippen LogP) is 4.18. The van der Waals surface area contributed by atoms with Gasteiger partial charge in [0.25, 0.3) is 0 Å². The molecule has 0 unspecified atom stereocenters. The number of carbonyl (C=O) groups is 1. The molecule has 4 N–H and O–H groups in total. The minimum Gasteiger partial charge on any atom is -0.490 e. The molecule has 0 saturated carbocycles. The van der Waals surface area contributed by atoms with Crippen LogP contribution < -0.4 is 25.8 Å². The van der Waals surface area contributed by atoms with Gasteiger partial charge in [-0.05, 0) is 36.8 Å². The van der Waals surface area contributed by atoms with Gasteiger partial charge in [-0.2, -0.15) is 0 Å². The van der Waals surface area contributed by atoms with E-state index >= 15 is 0 Å². The number of nitrogens with one attached hydrogen (secondary N) is 2. The normalized spacial score (nSPS) is 13.1. The molecule has 1 aliphatic rings. The van der Waals surface area contributed by atoms with Gasteiger partial charge in [-0.15, -0.1) is 24.0 Å². The number of amides is 1. The van der Waals surface area contributed by atoms with E-state index in [1.807, 2.05) is 31.2 Å². The molecule has 29 heavy (non-hydrogen) atoms. The van der Waals surface area contributed by atoms with Crippen molar-refractivity contribution in [3.63, 3.8) is 0 Å². The molecule has 0 bridgehead atoms. The van der Waals surface area contributed by atoms with Crippen LogP contribution in [0.3, 0.4) is 0 Å². The first-order valence-electron chi connectivity index (χ1n) is 9.04. The molecule has 9 heteroatoms. The van der Waals surface area contributed by atoms with Crippen LogP contribution in [0.2, 0.25) is 5.02 Å². The number of halogens is 2. The molecule has 0 radical (unpaired) electrons. The fourth-order valence-electron chi connectivity index (χ4n) is 2.64. The molecule has 1 aliphatic heterocycles. The summed E-state index contributed by atoms with van der Waals surface area (Å²) in [6, 6.07) is 10.9. The summed E-state index contributed by atoms with van der Waals surface area (Å²) in [4.78, 5) is 16.2. The Kier molecular flexibility index (Phi) is 8.84. The van der Waals surface area contributed by atoms with Crippen LogP contribution in [0.25, 0.3) is 0 Å². The van der Waals surface area contributed by atoms with E-state index in [0.717, 1.165) is 17.7 Å². The van der Waals surface area contributed by atoms with Crippen molar-refractivity contribution in [3.05, 3.63) is 47.0 Å². The second-order valence-corrected chi connectivity index (χ2v) is 6.79. The number of guanidine groups is 1. The van der Waals surface area contributed by atoms with Crippen LogP contribution in [0.5, 0.6) is 11.5 Å². The molecule has 2 aromatic carbocycles. The van der Waals surface area contributed by atoms with Gasteiger partial charge in [-0.25, -0.2) is 0 Å². The molecular formula is C20H24ClIN4O3. The van der Waals surface area contributed by atoms with Crippen LogP contribution in [0.15, 0.2) is 41.4 Å². The second-order valence-electron chi connectivity index (χ2n) is 6.39. The molecule has 0 spiro atoms. The summed E-state index contributed by atoms with van der Waals surface area (Å²) >= 11 is 6.12. The lowest BCUT2D eigenvalue weighted by atomic mass is 10.2. The Hall–Kier alpha value is -2.20. The summed E-state index contributed by atoms with van der Waals surface area (Å²) in [6.07, 6.45) is 1.03. The summed E-state index contributed by atoms with van der Waals surface area (Å²) in [5.74, 6) is 1.42. The maximum atomic E-state index is 12.1. The topological polar surface area (TPSA) is 98.0 Å². The summed E-state index contributed by atoms with van der Waals surface area (Å²) in [7, 11) is 0. The predicted molar refractivity (Wildman–Crippen MR) is 127 cm³/mol. The number of ether oxygens (including phenoxy) is 2. The summed E-state index contributed by atoms with van der Waals surface area (Å²) in [5, 5.41) is 6.27. The van der Waals surface area contributed by atoms with Crippen LogP contribution in [0.1, 0.15) is 18.4 Å². The summed E-state index contributed by atoms with van der Waals surface area (Å²) in [6.45, 7) is 3.43. The van der Waals surface area contributed by atoms with E-state index < -0.39 is 0 Å². The third kappa shape index (κ3) is 6.97. The highest BCUT2D eigenvalue weighted by molar-refractivity contribution is 14.0. The highest BCUT2D eigenvalue weighted by Crippen LogP contribution is 2.32. The Morgan fingerprint density at radius 2 is 1.90 bits per heavy atom. The Bertz CT molecular complexity index is 892. The molecule has 0 saturated heterocycles. The number of anilines is 2. The van der Waals surface area contributed by atoms with Gasteiger partial charge >= 0.3 is 0 Å². The van der Waals surface area contributed by atoms with Crippen LogP contribution in [0.4, 0.5) is 11.4 Å². The summed E-state index contributed by atoms with van der Waals surface area (Å²) < 4.78 is 11.2. The Morgan fingerprint density at radius 1 is 1.14 bits per heavy atom. The third-order valence-corrected chi connectivity index (χ3v) is 4.35. The average molecular weight is 531 g/mol. The highest BCUT2D eigenvalue weighted by Gasteiger charge is 2.11. The van der Waals surface area contributed by atoms with Gasteiger partial charge in [0.05, 0.1) is 30.5 Å². The largest absolute Gasteiger partial charge is 0.490 e. The maximum absolute atomic E-state index is 12.1. The Morgan fingerprint density at radius 3 is 2.66 bits per heavy atom. The summed E-state index contributed by atoms with van der Waals surface area (Å²) in [5.41, 5.74) is 8.26. The standard InChI is InChI=1S/C20H23ClN4O3.HI/c1-13-3-5-16(15(21)11-13)25-19(26)7-8-23-20(22)24-14-4-6-17-18(12-14)28-10-2-9-27-17;/h3-6,11-12H,2,7-10H2,1H3,(H,25,26)(H3,22,23,24);1H. The lowest BCUT2D eigenvalue weighted by Gasteiger charge is -2.11. The zero-order chi connectivity index (χ0) is 19.9. The SMILES string of the molecule is Cc1ccc(NC(=O)CCN=C(N)Nc2ccc3c(c2)OCCCO3)c(Cl)c1.I. The van der Waals surface area contributed by atoms with E-state index in [1.165, 1.54) is 0 Å². The third-order valence-electron chi connectivity index (χ3n) is 4.04. The monoisotopic (exact) mass is 530 g/mol. The first-order chi connectivity index (χ1) is 13.5. The van der Waals surface area contributed by atoms with Crippen molar-refractivity contribution in [2.24, 2.45) is 10.7 Å². The Labute approximate surface area is 192 Å². The van der Waals surface area contributed by atoms with E-state index in [4.69, 9.17) is 26.8 Å². The van der Waals surface area contributed by atoms with Gasteiger partial charge in [0.1, 0.15) is 0 Å². The smallest absolute Gasteiger partial charge is 0.226 e. The lowest BCUT2D eigenvalue weighted by Crippen LogP contribution is -2.23. The number of fused-ring (bicyclic) bond motifs is 1. The minimum absolute atomic E-state index is 0. The van der Waals surface area contributed by atoms with Crippen molar-refractivity contribution < 1.29 is 14.3 Å². The van der Waals surface area contributed by atoms with Crippen LogP contribution >= 0.6 is 35.6 Å². The number of benzene rings is 2. The van der Waals surface area contributed by atoms with Gasteiger partial charge < -0.3 is 25.8 Å². The second kappa shape index (κ2) is 11.1. The molecule has 0 fully saturated rings. The van der Waals surface area contributed by atoms with Gasteiger partial charge in [-0.3, -0.25) is 9.79 Å². The highest BCUT2D eigenvalue weighted by atomic mass is 127. The van der Waals surface area contributed by atoms with Gasteiger partial charge in [0, 0.05) is 24.6 Å². The molecule has 0 atom stereocenters.